The third-order valence-electron chi connectivity index (χ3n) is 11.6. The molecule has 290 valence electrons. The second kappa shape index (κ2) is 16.3. The quantitative estimate of drug-likeness (QED) is 0.0987. The standard InChI is InChI=1S/C44H49ClN2O7S/c1-5-42(54-30(2)48)39-19-12-34(39)27-46-28-44(22-6-7-33-23-35(45)13-20-40(33)44)29-53-43-21-18-38(24-41(43)46)55(49,50)47(25-31-8-14-36(51-3)15-9-31)26-32-10-16-37(52-4)17-11-32/h5,8-11,13-18,20-21,23-24,34,39,42H,1,6-7,12,19,22,25-29H2,2-4H3/t34-,39+,42?,44-/m0/s1. The molecule has 1 spiro atoms. The molecule has 7 rings (SSSR count). The Bertz CT molecular complexity index is 2080. The highest BCUT2D eigenvalue weighted by atomic mass is 35.5. The molecule has 9 nitrogen and oxygen atoms in total. The lowest BCUT2D eigenvalue weighted by Crippen LogP contribution is -2.49. The fourth-order valence-corrected chi connectivity index (χ4v) is 10.2. The summed E-state index contributed by atoms with van der Waals surface area (Å²) < 4.78 is 54.4. The van der Waals surface area contributed by atoms with Crippen LogP contribution in [0.25, 0.3) is 0 Å². The van der Waals surface area contributed by atoms with Gasteiger partial charge in [0.1, 0.15) is 23.4 Å². The Morgan fingerprint density at radius 2 is 1.65 bits per heavy atom. The molecule has 0 amide bonds. The van der Waals surface area contributed by atoms with Gasteiger partial charge in [-0.15, -0.1) is 0 Å². The van der Waals surface area contributed by atoms with Crippen molar-refractivity contribution >= 4 is 33.3 Å². The van der Waals surface area contributed by atoms with Gasteiger partial charge in [-0.3, -0.25) is 4.79 Å². The van der Waals surface area contributed by atoms with Crippen LogP contribution in [0, 0.1) is 11.8 Å². The number of hydrogen-bond donors (Lipinski definition) is 0. The van der Waals surface area contributed by atoms with E-state index in [0.29, 0.717) is 42.0 Å². The lowest BCUT2D eigenvalue weighted by atomic mass is 9.68. The Labute approximate surface area is 329 Å². The highest BCUT2D eigenvalue weighted by molar-refractivity contribution is 7.89. The van der Waals surface area contributed by atoms with Gasteiger partial charge in [0.05, 0.1) is 31.4 Å². The normalized spacial score (nSPS) is 21.0. The predicted molar refractivity (Wildman–Crippen MR) is 215 cm³/mol. The molecule has 1 saturated carbocycles. The molecule has 0 radical (unpaired) electrons. The first-order valence-corrected chi connectivity index (χ1v) is 20.7. The molecule has 0 aromatic heterocycles. The molecular formula is C44H49ClN2O7S. The van der Waals surface area contributed by atoms with Crippen molar-refractivity contribution in [3.63, 3.8) is 0 Å². The van der Waals surface area contributed by atoms with Gasteiger partial charge in [0, 0.05) is 49.5 Å². The zero-order valence-corrected chi connectivity index (χ0v) is 33.3. The summed E-state index contributed by atoms with van der Waals surface area (Å²) in [6.07, 6.45) is 6.07. The summed E-state index contributed by atoms with van der Waals surface area (Å²) in [4.78, 5) is 14.5. The van der Waals surface area contributed by atoms with Gasteiger partial charge in [-0.1, -0.05) is 54.6 Å². The van der Waals surface area contributed by atoms with Crippen molar-refractivity contribution in [2.75, 3.05) is 38.8 Å². The number of sulfonamides is 1. The fourth-order valence-electron chi connectivity index (χ4n) is 8.54. The number of fused-ring (bicyclic) bond motifs is 3. The van der Waals surface area contributed by atoms with Crippen molar-refractivity contribution in [3.05, 3.63) is 125 Å². The number of ether oxygens (including phenoxy) is 4. The van der Waals surface area contributed by atoms with Crippen LogP contribution in [0.4, 0.5) is 5.69 Å². The van der Waals surface area contributed by atoms with E-state index in [0.717, 1.165) is 48.9 Å². The number of halogens is 1. The summed E-state index contributed by atoms with van der Waals surface area (Å²) in [6.45, 7) is 7.44. The van der Waals surface area contributed by atoms with Crippen LogP contribution in [0.3, 0.4) is 0 Å². The highest BCUT2D eigenvalue weighted by Gasteiger charge is 2.45. The third-order valence-corrected chi connectivity index (χ3v) is 13.6. The van der Waals surface area contributed by atoms with E-state index in [1.807, 2.05) is 60.7 Å². The number of hydrogen-bond acceptors (Lipinski definition) is 8. The van der Waals surface area contributed by atoms with E-state index in [1.165, 1.54) is 22.4 Å². The van der Waals surface area contributed by atoms with Crippen LogP contribution in [0.2, 0.25) is 5.02 Å². The van der Waals surface area contributed by atoms with Crippen LogP contribution in [0.15, 0.2) is 102 Å². The van der Waals surface area contributed by atoms with E-state index in [9.17, 15) is 13.2 Å². The molecule has 4 aromatic carbocycles. The van der Waals surface area contributed by atoms with Gasteiger partial charge >= 0.3 is 5.97 Å². The molecule has 11 heteroatoms. The number of carbonyl (C=O) groups is 1. The van der Waals surface area contributed by atoms with Gasteiger partial charge in [0.2, 0.25) is 10.0 Å². The van der Waals surface area contributed by atoms with E-state index in [1.54, 1.807) is 32.4 Å². The van der Waals surface area contributed by atoms with E-state index >= 15 is 0 Å². The molecule has 4 aromatic rings. The smallest absolute Gasteiger partial charge is 0.303 e. The number of carbonyl (C=O) groups excluding carboxylic acids is 1. The van der Waals surface area contributed by atoms with Crippen molar-refractivity contribution in [2.45, 2.75) is 68.5 Å². The maximum atomic E-state index is 14.9. The van der Waals surface area contributed by atoms with E-state index in [2.05, 4.69) is 23.6 Å². The number of esters is 1. The van der Waals surface area contributed by atoms with Gasteiger partial charge in [0.25, 0.3) is 0 Å². The van der Waals surface area contributed by atoms with E-state index in [-0.39, 0.29) is 47.3 Å². The maximum absolute atomic E-state index is 14.9. The van der Waals surface area contributed by atoms with Gasteiger partial charge in [0.15, 0.2) is 0 Å². The largest absolute Gasteiger partial charge is 0.497 e. The Balaban J connectivity index is 1.27. The molecule has 0 bridgehead atoms. The van der Waals surface area contributed by atoms with Crippen LogP contribution in [0.1, 0.15) is 54.9 Å². The minimum Gasteiger partial charge on any atom is -0.497 e. The van der Waals surface area contributed by atoms with Gasteiger partial charge in [-0.25, -0.2) is 8.42 Å². The topological polar surface area (TPSA) is 94.6 Å². The van der Waals surface area contributed by atoms with Gasteiger partial charge < -0.3 is 23.8 Å². The molecule has 1 aliphatic heterocycles. The fraction of sp³-hybridized carbons (Fsp3) is 0.386. The molecule has 1 unspecified atom stereocenters. The Hall–Kier alpha value is -4.51. The highest BCUT2D eigenvalue weighted by Crippen LogP contribution is 2.47. The SMILES string of the molecule is C=CC(OC(C)=O)[C@@H]1CC[C@H]1CN1C[C@@]2(CCCc3cc(Cl)ccc32)COc2ccc(S(=O)(=O)N(Cc3ccc(OC)cc3)Cc3ccc(OC)cc3)cc21. The number of methoxy groups -OCH3 is 2. The third kappa shape index (κ3) is 8.23. The first-order chi connectivity index (χ1) is 26.5. The van der Waals surface area contributed by atoms with Crippen molar-refractivity contribution in [3.8, 4) is 17.2 Å². The van der Waals surface area contributed by atoms with Crippen LogP contribution in [-0.4, -0.2) is 58.7 Å². The van der Waals surface area contributed by atoms with E-state index in [4.69, 9.17) is 30.5 Å². The summed E-state index contributed by atoms with van der Waals surface area (Å²) in [7, 11) is -0.832. The number of benzene rings is 4. The molecule has 3 aliphatic rings. The molecule has 4 atom stereocenters. The minimum absolute atomic E-state index is 0.110. The predicted octanol–water partition coefficient (Wildman–Crippen LogP) is 8.37. The summed E-state index contributed by atoms with van der Waals surface area (Å²) in [5, 5.41) is 0.715. The molecular weight excluding hydrogens is 736 g/mol. The first kappa shape index (κ1) is 38.8. The van der Waals surface area contributed by atoms with Crippen molar-refractivity contribution in [1.82, 2.24) is 4.31 Å². The minimum atomic E-state index is -4.04. The Morgan fingerprint density at radius 1 is 0.982 bits per heavy atom. The van der Waals surface area contributed by atoms with Crippen molar-refractivity contribution < 1.29 is 32.2 Å². The van der Waals surface area contributed by atoms with Crippen molar-refractivity contribution in [2.24, 2.45) is 11.8 Å². The molecule has 0 saturated heterocycles. The lowest BCUT2D eigenvalue weighted by molar-refractivity contribution is -0.149. The zero-order valence-electron chi connectivity index (χ0n) is 31.7. The van der Waals surface area contributed by atoms with Gasteiger partial charge in [-0.05, 0) is 115 Å². The summed E-state index contributed by atoms with van der Waals surface area (Å²) >= 11 is 6.49. The Morgan fingerprint density at radius 3 is 2.24 bits per heavy atom. The lowest BCUT2D eigenvalue weighted by Gasteiger charge is -2.45. The molecule has 1 fully saturated rings. The molecule has 2 aliphatic carbocycles. The summed E-state index contributed by atoms with van der Waals surface area (Å²) in [5.74, 6) is 2.01. The zero-order chi connectivity index (χ0) is 38.7. The second-order valence-corrected chi connectivity index (χ2v) is 17.4. The first-order valence-electron chi connectivity index (χ1n) is 18.9. The average molecular weight is 785 g/mol. The van der Waals surface area contributed by atoms with Crippen LogP contribution in [-0.2, 0) is 44.5 Å². The van der Waals surface area contributed by atoms with Gasteiger partial charge in [-0.2, -0.15) is 4.31 Å². The Kier molecular flexibility index (Phi) is 11.5. The number of aryl methyl sites for hydroxylation is 1. The molecule has 55 heavy (non-hydrogen) atoms. The monoisotopic (exact) mass is 784 g/mol. The summed E-state index contributed by atoms with van der Waals surface area (Å²) in [6, 6.07) is 26.3. The number of rotatable bonds is 13. The summed E-state index contributed by atoms with van der Waals surface area (Å²) in [5.41, 5.74) is 4.52. The van der Waals surface area contributed by atoms with Crippen molar-refractivity contribution in [1.29, 1.82) is 0 Å². The van der Waals surface area contributed by atoms with E-state index < -0.39 is 10.0 Å². The van der Waals surface area contributed by atoms with Crippen LogP contribution in [0.5, 0.6) is 17.2 Å². The second-order valence-electron chi connectivity index (χ2n) is 15.0. The van der Waals surface area contributed by atoms with Crippen LogP contribution >= 0.6 is 11.6 Å². The molecule has 0 N–H and O–H groups in total. The number of anilines is 1. The maximum Gasteiger partial charge on any atom is 0.303 e. The average Bonchev–Trinajstić information content (AvgIpc) is 3.32. The number of nitrogens with zero attached hydrogens (tertiary/aromatic N) is 2. The molecule has 1 heterocycles. The van der Waals surface area contributed by atoms with Crippen LogP contribution < -0.4 is 19.1 Å².